The third kappa shape index (κ3) is 6.84. The number of nitrogens with one attached hydrogen (secondary N) is 2. The van der Waals surface area contributed by atoms with Gasteiger partial charge in [0.1, 0.15) is 18.2 Å². The molecule has 0 rings (SSSR count). The highest BCUT2D eigenvalue weighted by Crippen LogP contribution is 1.90. The number of esters is 1. The number of aliphatic carboxylic acids is 1. The minimum absolute atomic E-state index is 0.0792. The number of nitriles is 1. The zero-order chi connectivity index (χ0) is 14.0. The van der Waals surface area contributed by atoms with Crippen LogP contribution >= 0.6 is 0 Å². The summed E-state index contributed by atoms with van der Waals surface area (Å²) < 4.78 is 4.34. The number of rotatable bonds is 7. The molecule has 0 fully saturated rings. The summed E-state index contributed by atoms with van der Waals surface area (Å²) in [5.74, 6) is -2.31. The molecule has 0 aromatic rings. The highest BCUT2D eigenvalue weighted by atomic mass is 16.5. The topological polar surface area (TPSA) is 129 Å². The predicted octanol–water partition coefficient (Wildman–Crippen LogP) is -1.25. The van der Waals surface area contributed by atoms with E-state index >= 15 is 0 Å². The van der Waals surface area contributed by atoms with Crippen molar-refractivity contribution in [3.63, 3.8) is 0 Å². The van der Waals surface area contributed by atoms with Crippen LogP contribution < -0.4 is 10.6 Å². The molecule has 3 N–H and O–H groups in total. The molecule has 0 saturated carbocycles. The van der Waals surface area contributed by atoms with Gasteiger partial charge in [-0.05, 0) is 0 Å². The Morgan fingerprint density at radius 1 is 1.44 bits per heavy atom. The lowest BCUT2D eigenvalue weighted by Gasteiger charge is -2.03. The number of hydrogen-bond donors (Lipinski definition) is 3. The maximum atomic E-state index is 11.4. The second kappa shape index (κ2) is 8.58. The lowest BCUT2D eigenvalue weighted by molar-refractivity contribution is -0.139. The van der Waals surface area contributed by atoms with Gasteiger partial charge in [-0.25, -0.2) is 0 Å². The van der Waals surface area contributed by atoms with E-state index < -0.39 is 17.8 Å². The number of nitrogens with zero attached hydrogens (tertiary/aromatic N) is 1. The number of ether oxygens (including phenoxy) is 1. The molecular weight excluding hydrogens is 242 g/mol. The number of hydrogen-bond acceptors (Lipinski definition) is 6. The van der Waals surface area contributed by atoms with E-state index in [0.717, 1.165) is 6.20 Å². The van der Waals surface area contributed by atoms with Gasteiger partial charge in [0, 0.05) is 12.7 Å². The molecule has 0 bridgehead atoms. The molecule has 0 atom stereocenters. The van der Waals surface area contributed by atoms with Crippen molar-refractivity contribution in [1.82, 2.24) is 10.6 Å². The highest BCUT2D eigenvalue weighted by molar-refractivity contribution is 5.97. The van der Waals surface area contributed by atoms with Gasteiger partial charge in [-0.3, -0.25) is 14.4 Å². The lowest BCUT2D eigenvalue weighted by atomic mass is 10.3. The summed E-state index contributed by atoms with van der Waals surface area (Å²) in [6, 6.07) is 1.62. The molecule has 0 unspecified atom stereocenters. The van der Waals surface area contributed by atoms with Crippen molar-refractivity contribution in [2.75, 3.05) is 20.2 Å². The van der Waals surface area contributed by atoms with Gasteiger partial charge in [-0.15, -0.1) is 0 Å². The van der Waals surface area contributed by atoms with Gasteiger partial charge >= 0.3 is 11.9 Å². The van der Waals surface area contributed by atoms with Crippen molar-refractivity contribution in [2.45, 2.75) is 6.42 Å². The van der Waals surface area contributed by atoms with E-state index in [9.17, 15) is 14.4 Å². The average molecular weight is 255 g/mol. The molecule has 0 saturated heterocycles. The number of carbonyl (C=O) groups is 3. The fourth-order valence-electron chi connectivity index (χ4n) is 0.835. The van der Waals surface area contributed by atoms with E-state index in [4.69, 9.17) is 10.4 Å². The Labute approximate surface area is 103 Å². The smallest absolute Gasteiger partial charge is 0.325 e. The first kappa shape index (κ1) is 15.4. The van der Waals surface area contributed by atoms with Gasteiger partial charge in [-0.2, -0.15) is 5.26 Å². The van der Waals surface area contributed by atoms with Crippen LogP contribution in [0, 0.1) is 11.3 Å². The summed E-state index contributed by atoms with van der Waals surface area (Å²) in [5.41, 5.74) is -0.260. The van der Waals surface area contributed by atoms with E-state index in [1.165, 1.54) is 7.11 Å². The number of carboxylic acids is 1. The molecule has 0 spiro atoms. The summed E-state index contributed by atoms with van der Waals surface area (Å²) >= 11 is 0. The second-order valence-corrected chi connectivity index (χ2v) is 3.03. The molecule has 8 heteroatoms. The Morgan fingerprint density at radius 2 is 2.11 bits per heavy atom. The Hall–Kier alpha value is -2.56. The maximum Gasteiger partial charge on any atom is 0.325 e. The summed E-state index contributed by atoms with van der Waals surface area (Å²) in [6.07, 6.45) is 0.826. The summed E-state index contributed by atoms with van der Waals surface area (Å²) in [7, 11) is 1.21. The minimum atomic E-state index is -1.05. The van der Waals surface area contributed by atoms with E-state index in [0.29, 0.717) is 0 Å². The Kier molecular flexibility index (Phi) is 7.36. The second-order valence-electron chi connectivity index (χ2n) is 3.03. The van der Waals surface area contributed by atoms with Crippen LogP contribution in [0.4, 0.5) is 0 Å². The number of carboxylic acid groups (broad SMARTS) is 1. The van der Waals surface area contributed by atoms with Crippen LogP contribution in [0.2, 0.25) is 0 Å². The molecule has 98 valence electrons. The zero-order valence-corrected chi connectivity index (χ0v) is 9.73. The summed E-state index contributed by atoms with van der Waals surface area (Å²) in [4.78, 5) is 32.3. The highest BCUT2D eigenvalue weighted by Gasteiger charge is 2.09. The standard InChI is InChI=1S/C10H13N3O5/c1-18-9(16)6-12-5-7(4-11)10(17)13-3-2-8(14)15/h5,12H,2-3,6H2,1H3,(H,13,17)(H,14,15)/b7-5-. The fourth-order valence-corrected chi connectivity index (χ4v) is 0.835. The molecule has 0 aliphatic heterocycles. The third-order valence-electron chi connectivity index (χ3n) is 1.71. The molecule has 0 aromatic heterocycles. The number of carbonyl (C=O) groups excluding carboxylic acids is 2. The van der Waals surface area contributed by atoms with E-state index in [-0.39, 0.29) is 25.1 Å². The third-order valence-corrected chi connectivity index (χ3v) is 1.71. The number of amides is 1. The van der Waals surface area contributed by atoms with Crippen molar-refractivity contribution in [3.05, 3.63) is 11.8 Å². The van der Waals surface area contributed by atoms with Crippen molar-refractivity contribution >= 4 is 17.8 Å². The molecule has 0 radical (unpaired) electrons. The minimum Gasteiger partial charge on any atom is -0.481 e. The molecular formula is C10H13N3O5. The fraction of sp³-hybridized carbons (Fsp3) is 0.400. The average Bonchev–Trinajstić information content (AvgIpc) is 2.33. The van der Waals surface area contributed by atoms with Crippen LogP contribution in [0.5, 0.6) is 0 Å². The van der Waals surface area contributed by atoms with E-state index in [1.54, 1.807) is 6.07 Å². The van der Waals surface area contributed by atoms with Gasteiger partial charge in [0.2, 0.25) is 0 Å². The molecule has 18 heavy (non-hydrogen) atoms. The van der Waals surface area contributed by atoms with Gasteiger partial charge in [0.25, 0.3) is 5.91 Å². The Balaban J connectivity index is 4.19. The molecule has 0 aliphatic rings. The van der Waals surface area contributed by atoms with Crippen LogP contribution in [0.1, 0.15) is 6.42 Å². The Morgan fingerprint density at radius 3 is 2.61 bits per heavy atom. The molecule has 0 aliphatic carbocycles. The van der Waals surface area contributed by atoms with Crippen molar-refractivity contribution < 1.29 is 24.2 Å². The zero-order valence-electron chi connectivity index (χ0n) is 9.73. The summed E-state index contributed by atoms with van der Waals surface area (Å²) in [6.45, 7) is -0.256. The van der Waals surface area contributed by atoms with Gasteiger partial charge in [0.05, 0.1) is 13.5 Å². The molecule has 0 heterocycles. The Bertz CT molecular complexity index is 397. The molecule has 1 amide bonds. The lowest BCUT2D eigenvalue weighted by Crippen LogP contribution is -2.28. The maximum absolute atomic E-state index is 11.4. The monoisotopic (exact) mass is 255 g/mol. The largest absolute Gasteiger partial charge is 0.481 e. The normalized spacial score (nSPS) is 10.1. The number of methoxy groups -OCH3 is 1. The molecule has 8 nitrogen and oxygen atoms in total. The quantitative estimate of drug-likeness (QED) is 0.294. The van der Waals surface area contributed by atoms with Crippen molar-refractivity contribution in [1.29, 1.82) is 5.26 Å². The molecule has 0 aromatic carbocycles. The van der Waals surface area contributed by atoms with Gasteiger partial charge < -0.3 is 20.5 Å². The van der Waals surface area contributed by atoms with Gasteiger partial charge in [-0.1, -0.05) is 0 Å². The first-order valence-electron chi connectivity index (χ1n) is 4.91. The van der Waals surface area contributed by atoms with Crippen LogP contribution in [-0.4, -0.2) is 43.2 Å². The first-order chi connectivity index (χ1) is 8.51. The van der Waals surface area contributed by atoms with Crippen LogP contribution in [0.3, 0.4) is 0 Å². The van der Waals surface area contributed by atoms with Gasteiger partial charge in [0.15, 0.2) is 0 Å². The predicted molar refractivity (Wildman–Crippen MR) is 59.0 cm³/mol. The first-order valence-corrected chi connectivity index (χ1v) is 4.91. The SMILES string of the molecule is COC(=O)CN/C=C(/C#N)C(=O)NCCC(=O)O. The summed E-state index contributed by atoms with van der Waals surface area (Å²) in [5, 5.41) is 21.7. The van der Waals surface area contributed by atoms with Crippen LogP contribution in [0.15, 0.2) is 11.8 Å². The van der Waals surface area contributed by atoms with Crippen molar-refractivity contribution in [3.8, 4) is 6.07 Å². The van der Waals surface area contributed by atoms with E-state index in [1.807, 2.05) is 0 Å². The van der Waals surface area contributed by atoms with Crippen LogP contribution in [0.25, 0.3) is 0 Å². The van der Waals surface area contributed by atoms with Crippen molar-refractivity contribution in [2.24, 2.45) is 0 Å². The van der Waals surface area contributed by atoms with E-state index in [2.05, 4.69) is 15.4 Å². The van der Waals surface area contributed by atoms with Crippen LogP contribution in [-0.2, 0) is 19.1 Å².